The molecule has 2 aliphatic rings. The largest absolute Gasteiger partial charge is 0.386 e. The number of nitrogens with one attached hydrogen (secondary N) is 1. The summed E-state index contributed by atoms with van der Waals surface area (Å²) in [5.74, 6) is 2.60. The number of anilines is 1. The van der Waals surface area contributed by atoms with Crippen molar-refractivity contribution in [2.24, 2.45) is 17.8 Å². The van der Waals surface area contributed by atoms with Gasteiger partial charge in [-0.15, -0.1) is 0 Å². The van der Waals surface area contributed by atoms with E-state index in [0.717, 1.165) is 24.1 Å². The molecule has 2 aliphatic carbocycles. The molecular weight excluding hydrogens is 250 g/mol. The minimum absolute atomic E-state index is 0.0968. The van der Waals surface area contributed by atoms with Gasteiger partial charge in [-0.2, -0.15) is 0 Å². The van der Waals surface area contributed by atoms with Crippen LogP contribution in [0.25, 0.3) is 0 Å². The predicted molar refractivity (Wildman–Crippen MR) is 79.7 cm³/mol. The third-order valence-corrected chi connectivity index (χ3v) is 5.06. The maximum atomic E-state index is 12.6. The first-order chi connectivity index (χ1) is 9.69. The Morgan fingerprint density at radius 3 is 2.95 bits per heavy atom. The van der Waals surface area contributed by atoms with Gasteiger partial charge in [0.15, 0.2) is 0 Å². The molecular formula is C16H23N3O. The molecule has 2 saturated carbocycles. The van der Waals surface area contributed by atoms with E-state index in [1.807, 2.05) is 19.0 Å². The molecule has 0 radical (unpaired) electrons. The monoisotopic (exact) mass is 273 g/mol. The van der Waals surface area contributed by atoms with Crippen molar-refractivity contribution in [1.82, 2.24) is 9.88 Å². The molecule has 1 N–H and O–H groups in total. The number of hydrogen-bond acceptors (Lipinski definition) is 3. The summed E-state index contributed by atoms with van der Waals surface area (Å²) in [4.78, 5) is 18.5. The first-order valence-electron chi connectivity index (χ1n) is 7.56. The highest BCUT2D eigenvalue weighted by atomic mass is 16.2. The summed E-state index contributed by atoms with van der Waals surface area (Å²) in [6.07, 6.45) is 8.88. The Labute approximate surface area is 120 Å². The molecule has 1 aromatic heterocycles. The number of rotatable bonds is 4. The van der Waals surface area contributed by atoms with Gasteiger partial charge in [-0.25, -0.2) is 0 Å². The van der Waals surface area contributed by atoms with Gasteiger partial charge in [0.05, 0.1) is 17.4 Å². The number of pyridine rings is 1. The van der Waals surface area contributed by atoms with Crippen LogP contribution >= 0.6 is 0 Å². The Kier molecular flexibility index (Phi) is 3.64. The molecule has 1 amide bonds. The van der Waals surface area contributed by atoms with Crippen molar-refractivity contribution in [1.29, 1.82) is 0 Å². The van der Waals surface area contributed by atoms with Crippen LogP contribution in [0.15, 0.2) is 18.5 Å². The Morgan fingerprint density at radius 1 is 1.45 bits per heavy atom. The van der Waals surface area contributed by atoms with Crippen molar-refractivity contribution in [2.75, 3.05) is 26.0 Å². The van der Waals surface area contributed by atoms with Crippen LogP contribution in [0.3, 0.4) is 0 Å². The molecule has 1 heterocycles. The molecule has 0 aliphatic heterocycles. The van der Waals surface area contributed by atoms with Crippen molar-refractivity contribution < 1.29 is 4.79 Å². The van der Waals surface area contributed by atoms with E-state index in [0.29, 0.717) is 11.5 Å². The molecule has 4 nitrogen and oxygen atoms in total. The van der Waals surface area contributed by atoms with Crippen LogP contribution in [0.2, 0.25) is 0 Å². The van der Waals surface area contributed by atoms with E-state index in [-0.39, 0.29) is 5.91 Å². The SMILES string of the molecule is CNc1cnccc1C(=O)N(C)CC1CC2CCC1C2. The van der Waals surface area contributed by atoms with E-state index in [4.69, 9.17) is 0 Å². The molecule has 1 aromatic rings. The summed E-state index contributed by atoms with van der Waals surface area (Å²) < 4.78 is 0. The first kappa shape index (κ1) is 13.4. The van der Waals surface area contributed by atoms with Gasteiger partial charge in [-0.3, -0.25) is 9.78 Å². The molecule has 0 aromatic carbocycles. The van der Waals surface area contributed by atoms with Crippen molar-refractivity contribution in [2.45, 2.75) is 25.7 Å². The highest BCUT2D eigenvalue weighted by molar-refractivity contribution is 5.99. The fourth-order valence-electron chi connectivity index (χ4n) is 4.02. The highest BCUT2D eigenvalue weighted by Gasteiger charge is 2.40. The topological polar surface area (TPSA) is 45.2 Å². The van der Waals surface area contributed by atoms with Gasteiger partial charge >= 0.3 is 0 Å². The zero-order valence-electron chi connectivity index (χ0n) is 12.3. The van der Waals surface area contributed by atoms with Gasteiger partial charge in [0.1, 0.15) is 0 Å². The van der Waals surface area contributed by atoms with Crippen LogP contribution in [0.1, 0.15) is 36.0 Å². The van der Waals surface area contributed by atoms with E-state index in [9.17, 15) is 4.79 Å². The van der Waals surface area contributed by atoms with Crippen molar-refractivity contribution in [3.05, 3.63) is 24.0 Å². The Hall–Kier alpha value is -1.58. The van der Waals surface area contributed by atoms with E-state index >= 15 is 0 Å². The number of nitrogens with zero attached hydrogens (tertiary/aromatic N) is 2. The van der Waals surface area contributed by atoms with Crippen LogP contribution in [0.5, 0.6) is 0 Å². The van der Waals surface area contributed by atoms with Gasteiger partial charge in [-0.1, -0.05) is 6.42 Å². The number of carbonyl (C=O) groups excluding carboxylic acids is 1. The fourth-order valence-corrected chi connectivity index (χ4v) is 4.02. The second-order valence-corrected chi connectivity index (χ2v) is 6.29. The van der Waals surface area contributed by atoms with Gasteiger partial charge < -0.3 is 10.2 Å². The molecule has 3 atom stereocenters. The van der Waals surface area contributed by atoms with Crippen molar-refractivity contribution >= 4 is 11.6 Å². The number of amides is 1. The third kappa shape index (κ3) is 2.39. The lowest BCUT2D eigenvalue weighted by Crippen LogP contribution is -2.34. The number of carbonyl (C=O) groups is 1. The summed E-state index contributed by atoms with van der Waals surface area (Å²) in [6, 6.07) is 1.80. The van der Waals surface area contributed by atoms with E-state index < -0.39 is 0 Å². The third-order valence-electron chi connectivity index (χ3n) is 5.06. The van der Waals surface area contributed by atoms with Gasteiger partial charge in [-0.05, 0) is 43.1 Å². The molecule has 0 saturated heterocycles. The van der Waals surface area contributed by atoms with Crippen LogP contribution in [-0.2, 0) is 0 Å². The predicted octanol–water partition coefficient (Wildman–Crippen LogP) is 2.63. The number of aromatic nitrogens is 1. The lowest BCUT2D eigenvalue weighted by molar-refractivity contribution is 0.0755. The number of fused-ring (bicyclic) bond motifs is 2. The summed E-state index contributed by atoms with van der Waals surface area (Å²) in [5, 5.41) is 3.04. The zero-order valence-corrected chi connectivity index (χ0v) is 12.3. The van der Waals surface area contributed by atoms with Crippen molar-refractivity contribution in [3.8, 4) is 0 Å². The standard InChI is InChI=1S/C16H23N3O/c1-17-15-9-18-6-5-14(15)16(20)19(2)10-13-8-11-3-4-12(13)7-11/h5-6,9,11-13,17H,3-4,7-8,10H2,1-2H3. The lowest BCUT2D eigenvalue weighted by Gasteiger charge is -2.27. The molecule has 2 fully saturated rings. The Morgan fingerprint density at radius 2 is 2.30 bits per heavy atom. The second kappa shape index (κ2) is 5.43. The van der Waals surface area contributed by atoms with E-state index in [1.165, 1.54) is 25.7 Å². The van der Waals surface area contributed by atoms with Crippen LogP contribution in [-0.4, -0.2) is 36.4 Å². The average Bonchev–Trinajstić information content (AvgIpc) is 3.09. The Bertz CT molecular complexity index is 502. The molecule has 108 valence electrons. The van der Waals surface area contributed by atoms with Crippen LogP contribution in [0, 0.1) is 17.8 Å². The fraction of sp³-hybridized carbons (Fsp3) is 0.625. The average molecular weight is 273 g/mol. The van der Waals surface area contributed by atoms with Gasteiger partial charge in [0, 0.05) is 26.8 Å². The maximum Gasteiger partial charge on any atom is 0.255 e. The zero-order chi connectivity index (χ0) is 14.1. The maximum absolute atomic E-state index is 12.6. The molecule has 0 spiro atoms. The normalized spacial score (nSPS) is 27.6. The van der Waals surface area contributed by atoms with E-state index in [1.54, 1.807) is 18.5 Å². The minimum atomic E-state index is 0.0968. The van der Waals surface area contributed by atoms with Gasteiger partial charge in [0.2, 0.25) is 0 Å². The smallest absolute Gasteiger partial charge is 0.255 e. The van der Waals surface area contributed by atoms with Crippen molar-refractivity contribution in [3.63, 3.8) is 0 Å². The van der Waals surface area contributed by atoms with Crippen LogP contribution < -0.4 is 5.32 Å². The molecule has 3 rings (SSSR count). The van der Waals surface area contributed by atoms with Crippen LogP contribution in [0.4, 0.5) is 5.69 Å². The molecule has 4 heteroatoms. The number of hydrogen-bond donors (Lipinski definition) is 1. The minimum Gasteiger partial charge on any atom is -0.386 e. The summed E-state index contributed by atoms with van der Waals surface area (Å²) in [5.41, 5.74) is 1.52. The summed E-state index contributed by atoms with van der Waals surface area (Å²) >= 11 is 0. The quantitative estimate of drug-likeness (QED) is 0.917. The Balaban J connectivity index is 1.67. The summed E-state index contributed by atoms with van der Waals surface area (Å²) in [7, 11) is 3.75. The van der Waals surface area contributed by atoms with Gasteiger partial charge in [0.25, 0.3) is 5.91 Å². The highest BCUT2D eigenvalue weighted by Crippen LogP contribution is 2.48. The second-order valence-electron chi connectivity index (χ2n) is 6.29. The lowest BCUT2D eigenvalue weighted by atomic mass is 9.88. The first-order valence-corrected chi connectivity index (χ1v) is 7.56. The molecule has 2 bridgehead atoms. The summed E-state index contributed by atoms with van der Waals surface area (Å²) in [6.45, 7) is 0.894. The molecule has 3 unspecified atom stereocenters. The van der Waals surface area contributed by atoms with E-state index in [2.05, 4.69) is 10.3 Å². The molecule has 20 heavy (non-hydrogen) atoms.